The Kier molecular flexibility index (Phi) is 6.54. The van der Waals surface area contributed by atoms with Gasteiger partial charge in [-0.25, -0.2) is 0 Å². The van der Waals surface area contributed by atoms with Gasteiger partial charge in [0.25, 0.3) is 5.91 Å². The van der Waals surface area contributed by atoms with Crippen LogP contribution in [0.5, 0.6) is 11.5 Å². The predicted octanol–water partition coefficient (Wildman–Crippen LogP) is 5.30. The van der Waals surface area contributed by atoms with E-state index in [-0.39, 0.29) is 18.2 Å². The lowest BCUT2D eigenvalue weighted by molar-refractivity contribution is -0.115. The van der Waals surface area contributed by atoms with Crippen molar-refractivity contribution in [1.82, 2.24) is 4.90 Å². The Labute approximate surface area is 203 Å². The van der Waals surface area contributed by atoms with E-state index in [1.54, 1.807) is 0 Å². The van der Waals surface area contributed by atoms with Gasteiger partial charge in [-0.05, 0) is 55.0 Å². The van der Waals surface area contributed by atoms with Crippen LogP contribution < -0.4 is 14.8 Å². The first-order valence-electron chi connectivity index (χ1n) is 11.8. The van der Waals surface area contributed by atoms with Gasteiger partial charge in [0.15, 0.2) is 11.5 Å². The van der Waals surface area contributed by atoms with Crippen molar-refractivity contribution in [3.63, 3.8) is 0 Å². The summed E-state index contributed by atoms with van der Waals surface area (Å²) in [6.07, 6.45) is 3.38. The summed E-state index contributed by atoms with van der Waals surface area (Å²) in [5.74, 6) is 1.21. The Balaban J connectivity index is 1.42. The number of amides is 2. The van der Waals surface area contributed by atoms with Crippen molar-refractivity contribution in [2.45, 2.75) is 32.6 Å². The number of nitrogens with one attached hydrogen (secondary N) is 1. The minimum absolute atomic E-state index is 0.00487. The molecular formula is C27H28N2O4S. The predicted molar refractivity (Wildman–Crippen MR) is 134 cm³/mol. The molecular weight excluding hydrogens is 448 g/mol. The number of ether oxygens (including phenoxy) is 2. The summed E-state index contributed by atoms with van der Waals surface area (Å²) in [7, 11) is 0. The van der Waals surface area contributed by atoms with E-state index in [9.17, 15) is 9.59 Å². The number of benzene rings is 2. The molecule has 0 radical (unpaired) electrons. The van der Waals surface area contributed by atoms with Gasteiger partial charge in [-0.3, -0.25) is 9.59 Å². The average molecular weight is 477 g/mol. The third-order valence-corrected chi connectivity index (χ3v) is 7.52. The summed E-state index contributed by atoms with van der Waals surface area (Å²) in [4.78, 5) is 29.5. The molecule has 3 heterocycles. The molecule has 1 saturated heterocycles. The van der Waals surface area contributed by atoms with Gasteiger partial charge in [-0.2, -0.15) is 0 Å². The summed E-state index contributed by atoms with van der Waals surface area (Å²) >= 11 is 1.47. The summed E-state index contributed by atoms with van der Waals surface area (Å²) in [6.45, 7) is 4.54. The van der Waals surface area contributed by atoms with Gasteiger partial charge in [0.05, 0.1) is 12.0 Å². The lowest BCUT2D eigenvalue weighted by atomic mass is 10.0. The quantitative estimate of drug-likeness (QED) is 0.543. The number of thiophene rings is 1. The lowest BCUT2D eigenvalue weighted by Crippen LogP contribution is -2.36. The minimum Gasteiger partial charge on any atom is -0.486 e. The number of rotatable bonds is 5. The number of fused-ring (bicyclic) bond motifs is 1. The first kappa shape index (κ1) is 22.5. The Bertz CT molecular complexity index is 1200. The average Bonchev–Trinajstić information content (AvgIpc) is 3.19. The molecule has 7 heteroatoms. The summed E-state index contributed by atoms with van der Waals surface area (Å²) in [6, 6.07) is 15.6. The van der Waals surface area contributed by atoms with Gasteiger partial charge in [0.2, 0.25) is 5.91 Å². The molecule has 3 aromatic rings. The molecule has 0 unspecified atom stereocenters. The van der Waals surface area contributed by atoms with Crippen LogP contribution in [0.4, 0.5) is 5.00 Å². The van der Waals surface area contributed by atoms with Gasteiger partial charge >= 0.3 is 0 Å². The van der Waals surface area contributed by atoms with Crippen LogP contribution in [0.1, 0.15) is 40.7 Å². The molecule has 0 bridgehead atoms. The van der Waals surface area contributed by atoms with Crippen molar-refractivity contribution >= 4 is 28.2 Å². The van der Waals surface area contributed by atoms with Crippen molar-refractivity contribution in [3.05, 3.63) is 65.2 Å². The third kappa shape index (κ3) is 4.66. The standard InChI is InChI=1S/C27H28N2O4S/c1-18-24(27(31)29-12-6-3-7-13-29)26(34-25(18)20-8-4-2-5-9-20)28-23(30)17-19-10-11-21-22(16-19)33-15-14-32-21/h2,4-5,8-11,16H,3,6-7,12-15,17H2,1H3,(H,28,30). The van der Waals surface area contributed by atoms with Crippen molar-refractivity contribution in [1.29, 1.82) is 0 Å². The zero-order valence-electron chi connectivity index (χ0n) is 19.3. The molecule has 2 amide bonds. The highest BCUT2D eigenvalue weighted by Gasteiger charge is 2.28. The van der Waals surface area contributed by atoms with E-state index in [0.717, 1.165) is 53.9 Å². The number of hydrogen-bond donors (Lipinski definition) is 1. The minimum atomic E-state index is -0.162. The molecule has 2 aliphatic heterocycles. The molecule has 0 atom stereocenters. The largest absolute Gasteiger partial charge is 0.486 e. The van der Waals surface area contributed by atoms with Crippen molar-refractivity contribution < 1.29 is 19.1 Å². The Hall–Kier alpha value is -3.32. The zero-order chi connectivity index (χ0) is 23.5. The SMILES string of the molecule is Cc1c(-c2ccccc2)sc(NC(=O)Cc2ccc3c(c2)OCCO3)c1C(=O)N1CCCCC1. The van der Waals surface area contributed by atoms with Crippen LogP contribution in [0.2, 0.25) is 0 Å². The number of likely N-dealkylation sites (tertiary alicyclic amines) is 1. The van der Waals surface area contributed by atoms with Crippen LogP contribution in [0.3, 0.4) is 0 Å². The number of anilines is 1. The van der Waals surface area contributed by atoms with Crippen molar-refractivity contribution in [2.24, 2.45) is 0 Å². The molecule has 5 rings (SSSR count). The molecule has 34 heavy (non-hydrogen) atoms. The first-order chi connectivity index (χ1) is 16.6. The Morgan fingerprint density at radius 3 is 2.47 bits per heavy atom. The molecule has 6 nitrogen and oxygen atoms in total. The zero-order valence-corrected chi connectivity index (χ0v) is 20.1. The van der Waals surface area contributed by atoms with E-state index in [4.69, 9.17) is 9.47 Å². The topological polar surface area (TPSA) is 67.9 Å². The maximum Gasteiger partial charge on any atom is 0.257 e. The van der Waals surface area contributed by atoms with Crippen molar-refractivity contribution in [2.75, 3.05) is 31.6 Å². The van der Waals surface area contributed by atoms with E-state index in [2.05, 4.69) is 5.32 Å². The van der Waals surface area contributed by atoms with Crippen LogP contribution in [-0.2, 0) is 11.2 Å². The van der Waals surface area contributed by atoms with Gasteiger partial charge in [0, 0.05) is 18.0 Å². The van der Waals surface area contributed by atoms with Gasteiger partial charge in [-0.1, -0.05) is 36.4 Å². The van der Waals surface area contributed by atoms with Crippen LogP contribution in [0.25, 0.3) is 10.4 Å². The van der Waals surface area contributed by atoms with E-state index in [0.29, 0.717) is 35.3 Å². The fourth-order valence-electron chi connectivity index (χ4n) is 4.53. The van der Waals surface area contributed by atoms with Crippen molar-refractivity contribution in [3.8, 4) is 21.9 Å². The second-order valence-electron chi connectivity index (χ2n) is 8.68. The fraction of sp³-hybridized carbons (Fsp3) is 0.333. The van der Waals surface area contributed by atoms with Crippen LogP contribution >= 0.6 is 11.3 Å². The van der Waals surface area contributed by atoms with Gasteiger partial charge in [-0.15, -0.1) is 11.3 Å². The highest BCUT2D eigenvalue weighted by molar-refractivity contribution is 7.20. The third-order valence-electron chi connectivity index (χ3n) is 6.26. The second-order valence-corrected chi connectivity index (χ2v) is 9.70. The first-order valence-corrected chi connectivity index (χ1v) is 12.6. The normalized spacial score (nSPS) is 15.1. The molecule has 2 aromatic carbocycles. The highest BCUT2D eigenvalue weighted by atomic mass is 32.1. The molecule has 0 aliphatic carbocycles. The lowest BCUT2D eigenvalue weighted by Gasteiger charge is -2.27. The number of hydrogen-bond acceptors (Lipinski definition) is 5. The van der Waals surface area contributed by atoms with Crippen LogP contribution in [0.15, 0.2) is 48.5 Å². The van der Waals surface area contributed by atoms with E-state index in [1.165, 1.54) is 11.3 Å². The van der Waals surface area contributed by atoms with Crippen LogP contribution in [0, 0.1) is 6.92 Å². The number of nitrogens with zero attached hydrogens (tertiary/aromatic N) is 1. The number of piperidine rings is 1. The van der Waals surface area contributed by atoms with E-state index in [1.807, 2.05) is 60.4 Å². The summed E-state index contributed by atoms with van der Waals surface area (Å²) in [5.41, 5.74) is 3.41. The molecule has 1 fully saturated rings. The molecule has 1 aromatic heterocycles. The summed E-state index contributed by atoms with van der Waals surface area (Å²) in [5, 5.41) is 3.67. The fourth-order valence-corrected chi connectivity index (χ4v) is 5.75. The Morgan fingerprint density at radius 2 is 1.71 bits per heavy atom. The number of carbonyl (C=O) groups is 2. The van der Waals surface area contributed by atoms with Gasteiger partial charge in [0.1, 0.15) is 18.2 Å². The second kappa shape index (κ2) is 9.89. The molecule has 1 N–H and O–H groups in total. The highest BCUT2D eigenvalue weighted by Crippen LogP contribution is 2.41. The maximum atomic E-state index is 13.5. The maximum absolute atomic E-state index is 13.5. The monoisotopic (exact) mass is 476 g/mol. The summed E-state index contributed by atoms with van der Waals surface area (Å²) < 4.78 is 11.2. The molecule has 2 aliphatic rings. The van der Waals surface area contributed by atoms with Gasteiger partial charge < -0.3 is 19.7 Å². The van der Waals surface area contributed by atoms with E-state index >= 15 is 0 Å². The molecule has 176 valence electrons. The molecule has 0 spiro atoms. The van der Waals surface area contributed by atoms with E-state index < -0.39 is 0 Å². The smallest absolute Gasteiger partial charge is 0.257 e. The Morgan fingerprint density at radius 1 is 0.971 bits per heavy atom. The number of carbonyl (C=O) groups excluding carboxylic acids is 2. The molecule has 0 saturated carbocycles. The van der Waals surface area contributed by atoms with Crippen LogP contribution in [-0.4, -0.2) is 43.0 Å².